The van der Waals surface area contributed by atoms with E-state index in [1.807, 2.05) is 30.3 Å². The van der Waals surface area contributed by atoms with Gasteiger partial charge in [-0.15, -0.1) is 11.3 Å². The normalized spacial score (nSPS) is 13.3. The highest BCUT2D eigenvalue weighted by Gasteiger charge is 2.32. The summed E-state index contributed by atoms with van der Waals surface area (Å²) in [6, 6.07) is 10.7. The Hall–Kier alpha value is -2.92. The number of fused-ring (bicyclic) bond motifs is 1. The Bertz CT molecular complexity index is 974. The van der Waals surface area contributed by atoms with E-state index in [2.05, 4.69) is 30.9 Å². The summed E-state index contributed by atoms with van der Waals surface area (Å²) >= 11 is 1.53. The second-order valence-electron chi connectivity index (χ2n) is 6.27. The molecule has 0 amide bonds. The van der Waals surface area contributed by atoms with Crippen molar-refractivity contribution in [2.24, 2.45) is 4.99 Å². The first-order valence-corrected chi connectivity index (χ1v) is 9.93. The van der Waals surface area contributed by atoms with Gasteiger partial charge in [-0.25, -0.2) is 9.97 Å². The lowest BCUT2D eigenvalue weighted by Gasteiger charge is -2.15. The third-order valence-corrected chi connectivity index (χ3v) is 5.32. The van der Waals surface area contributed by atoms with Gasteiger partial charge in [0, 0.05) is 42.5 Å². The second-order valence-corrected chi connectivity index (χ2v) is 7.39. The smallest absolute Gasteiger partial charge is 0.386 e. The van der Waals surface area contributed by atoms with Crippen molar-refractivity contribution < 1.29 is 18.3 Å². The van der Waals surface area contributed by atoms with Crippen LogP contribution in [0.3, 0.4) is 0 Å². The van der Waals surface area contributed by atoms with E-state index in [-0.39, 0.29) is 19.0 Å². The van der Waals surface area contributed by atoms with Crippen LogP contribution in [0.25, 0.3) is 10.1 Å². The summed E-state index contributed by atoms with van der Waals surface area (Å²) in [5, 5.41) is 20.3. The zero-order chi connectivity index (χ0) is 21.6. The van der Waals surface area contributed by atoms with Crippen molar-refractivity contribution >= 4 is 33.3 Å². The van der Waals surface area contributed by atoms with E-state index in [9.17, 15) is 18.3 Å². The summed E-state index contributed by atoms with van der Waals surface area (Å²) in [7, 11) is 1.59. The molecule has 3 rings (SSSR count). The third-order valence-electron chi connectivity index (χ3n) is 4.11. The number of rotatable bonds is 7. The van der Waals surface area contributed by atoms with Crippen molar-refractivity contribution in [1.29, 1.82) is 0 Å². The number of guanidine groups is 1. The molecule has 1 aromatic carbocycles. The largest absolute Gasteiger partial charge is 0.433 e. The number of anilines is 1. The molecule has 0 aliphatic rings. The molecule has 3 aromatic rings. The molecule has 0 spiro atoms. The molecule has 7 nitrogen and oxygen atoms in total. The van der Waals surface area contributed by atoms with Gasteiger partial charge in [0.15, 0.2) is 5.96 Å². The van der Waals surface area contributed by atoms with Crippen molar-refractivity contribution in [3.63, 3.8) is 0 Å². The van der Waals surface area contributed by atoms with E-state index < -0.39 is 18.0 Å². The molecule has 0 saturated heterocycles. The lowest BCUT2D eigenvalue weighted by Crippen LogP contribution is -2.41. The fourth-order valence-corrected chi connectivity index (χ4v) is 3.69. The molecule has 0 bridgehead atoms. The molecule has 11 heteroatoms. The number of alkyl halides is 3. The van der Waals surface area contributed by atoms with Crippen LogP contribution in [0.1, 0.15) is 16.7 Å². The van der Waals surface area contributed by atoms with Gasteiger partial charge in [-0.1, -0.05) is 18.2 Å². The average molecular weight is 438 g/mol. The Kier molecular flexibility index (Phi) is 7.06. The lowest BCUT2D eigenvalue weighted by molar-refractivity contribution is -0.141. The molecule has 1 atom stereocenters. The van der Waals surface area contributed by atoms with Gasteiger partial charge in [0.1, 0.15) is 11.8 Å². The number of aliphatic hydroxyl groups excluding tert-OH is 1. The van der Waals surface area contributed by atoms with E-state index in [0.29, 0.717) is 12.5 Å². The van der Waals surface area contributed by atoms with Gasteiger partial charge in [0.25, 0.3) is 0 Å². The molecule has 0 fully saturated rings. The van der Waals surface area contributed by atoms with Crippen LogP contribution in [0.15, 0.2) is 47.6 Å². The van der Waals surface area contributed by atoms with Crippen LogP contribution in [-0.4, -0.2) is 47.7 Å². The van der Waals surface area contributed by atoms with Crippen molar-refractivity contribution in [3.8, 4) is 0 Å². The predicted molar refractivity (Wildman–Crippen MR) is 112 cm³/mol. The molecule has 2 aromatic heterocycles. The minimum Gasteiger partial charge on any atom is -0.386 e. The van der Waals surface area contributed by atoms with E-state index in [1.54, 1.807) is 7.05 Å². The maximum atomic E-state index is 12.7. The zero-order valence-electron chi connectivity index (χ0n) is 16.1. The van der Waals surface area contributed by atoms with E-state index >= 15 is 0 Å². The molecule has 2 heterocycles. The lowest BCUT2D eigenvalue weighted by atomic mass is 10.2. The Morgan fingerprint density at radius 3 is 2.73 bits per heavy atom. The van der Waals surface area contributed by atoms with Crippen LogP contribution in [-0.2, 0) is 6.18 Å². The molecule has 0 radical (unpaired) electrons. The Morgan fingerprint density at radius 1 is 1.20 bits per heavy atom. The molecule has 0 aliphatic heterocycles. The van der Waals surface area contributed by atoms with E-state index in [4.69, 9.17) is 0 Å². The van der Waals surface area contributed by atoms with Gasteiger partial charge in [-0.05, 0) is 23.6 Å². The SMILES string of the molecule is CN=C(NCCNc1nccc(C(F)(F)F)n1)NCC(O)c1cc2ccccc2s1. The number of aliphatic hydroxyl groups is 1. The molecular formula is C19H21F3N6OS. The Balaban J connectivity index is 1.44. The first kappa shape index (κ1) is 21.8. The van der Waals surface area contributed by atoms with Gasteiger partial charge in [-0.2, -0.15) is 13.2 Å². The molecular weight excluding hydrogens is 417 g/mol. The van der Waals surface area contributed by atoms with Gasteiger partial charge in [-0.3, -0.25) is 4.99 Å². The summed E-state index contributed by atoms with van der Waals surface area (Å²) in [6.45, 7) is 0.899. The van der Waals surface area contributed by atoms with Crippen molar-refractivity contribution in [2.75, 3.05) is 32.0 Å². The number of aromatic nitrogens is 2. The summed E-state index contributed by atoms with van der Waals surface area (Å²) in [5.41, 5.74) is -0.999. The minimum atomic E-state index is -4.52. The molecule has 4 N–H and O–H groups in total. The van der Waals surface area contributed by atoms with Crippen LogP contribution in [0.2, 0.25) is 0 Å². The van der Waals surface area contributed by atoms with Gasteiger partial charge in [0.2, 0.25) is 5.95 Å². The summed E-state index contributed by atoms with van der Waals surface area (Å²) in [4.78, 5) is 12.1. The van der Waals surface area contributed by atoms with Crippen molar-refractivity contribution in [2.45, 2.75) is 12.3 Å². The fraction of sp³-hybridized carbons (Fsp3) is 0.316. The first-order chi connectivity index (χ1) is 14.4. The summed E-state index contributed by atoms with van der Waals surface area (Å²) in [6.07, 6.45) is -4.15. The summed E-state index contributed by atoms with van der Waals surface area (Å²) in [5.74, 6) is 0.358. The van der Waals surface area contributed by atoms with Crippen LogP contribution in [0.4, 0.5) is 19.1 Å². The first-order valence-electron chi connectivity index (χ1n) is 9.12. The maximum Gasteiger partial charge on any atom is 0.433 e. The van der Waals surface area contributed by atoms with E-state index in [0.717, 1.165) is 27.2 Å². The van der Waals surface area contributed by atoms with Crippen molar-refractivity contribution in [1.82, 2.24) is 20.6 Å². The molecule has 160 valence electrons. The van der Waals surface area contributed by atoms with Crippen LogP contribution < -0.4 is 16.0 Å². The Labute approximate surface area is 175 Å². The van der Waals surface area contributed by atoms with Gasteiger partial charge >= 0.3 is 6.18 Å². The molecule has 0 saturated carbocycles. The number of nitrogens with zero attached hydrogens (tertiary/aromatic N) is 3. The number of thiophene rings is 1. The number of hydrogen-bond donors (Lipinski definition) is 4. The quantitative estimate of drug-likeness (QED) is 0.257. The van der Waals surface area contributed by atoms with Gasteiger partial charge < -0.3 is 21.1 Å². The van der Waals surface area contributed by atoms with E-state index in [1.165, 1.54) is 11.3 Å². The number of halogens is 3. The topological polar surface area (TPSA) is 94.5 Å². The predicted octanol–water partition coefficient (Wildman–Crippen LogP) is 3.02. The maximum absolute atomic E-state index is 12.7. The zero-order valence-corrected chi connectivity index (χ0v) is 16.9. The molecule has 30 heavy (non-hydrogen) atoms. The monoisotopic (exact) mass is 438 g/mol. The van der Waals surface area contributed by atoms with Crippen LogP contribution >= 0.6 is 11.3 Å². The highest BCUT2D eigenvalue weighted by Crippen LogP contribution is 2.29. The third kappa shape index (κ3) is 5.80. The fourth-order valence-electron chi connectivity index (χ4n) is 2.64. The number of nitrogens with one attached hydrogen (secondary N) is 3. The van der Waals surface area contributed by atoms with Crippen molar-refractivity contribution in [3.05, 3.63) is 53.2 Å². The standard InChI is InChI=1S/C19H21F3N6OS/c1-23-17(25-8-9-26-18-24-7-6-16(28-18)19(20,21)22)27-11-13(29)15-10-12-4-2-3-5-14(12)30-15/h2-7,10,13,29H,8-9,11H2,1H3,(H2,23,25,27)(H,24,26,28). The average Bonchev–Trinajstić information content (AvgIpc) is 3.17. The summed E-state index contributed by atoms with van der Waals surface area (Å²) < 4.78 is 39.1. The number of hydrogen-bond acceptors (Lipinski definition) is 6. The number of benzene rings is 1. The minimum absolute atomic E-state index is 0.102. The second kappa shape index (κ2) is 9.72. The van der Waals surface area contributed by atoms with Crippen LogP contribution in [0, 0.1) is 0 Å². The van der Waals surface area contributed by atoms with Gasteiger partial charge in [0.05, 0.1) is 0 Å². The van der Waals surface area contributed by atoms with Crippen LogP contribution in [0.5, 0.6) is 0 Å². The number of aliphatic imine (C=N–C) groups is 1. The highest BCUT2D eigenvalue weighted by atomic mass is 32.1. The Morgan fingerprint density at radius 2 is 2.00 bits per heavy atom. The highest BCUT2D eigenvalue weighted by molar-refractivity contribution is 7.19. The molecule has 0 aliphatic carbocycles. The molecule has 1 unspecified atom stereocenters.